The molecule has 1 aromatic heterocycles. The average molecular weight is 260 g/mol. The Hall–Kier alpha value is -1.65. The van der Waals surface area contributed by atoms with Crippen LogP contribution in [0.15, 0.2) is 42.6 Å². The van der Waals surface area contributed by atoms with Crippen molar-refractivity contribution in [2.75, 3.05) is 6.61 Å². The number of hydrogen-bond acceptors (Lipinski definition) is 3. The second kappa shape index (κ2) is 6.50. The van der Waals surface area contributed by atoms with Gasteiger partial charge in [0.2, 0.25) is 0 Å². The molecule has 0 saturated heterocycles. The van der Waals surface area contributed by atoms with Gasteiger partial charge in [0.1, 0.15) is 0 Å². The Morgan fingerprint density at radius 3 is 2.63 bits per heavy atom. The molecule has 0 bridgehead atoms. The molecule has 0 aliphatic heterocycles. The smallest absolute Gasteiger partial charge is 0.0969 e. The molecule has 1 unspecified atom stereocenters. The molecule has 2 aromatic rings. The van der Waals surface area contributed by atoms with Crippen molar-refractivity contribution in [2.24, 2.45) is 0 Å². The fourth-order valence-electron chi connectivity index (χ4n) is 1.80. The number of nitrogens with zero attached hydrogens (tertiary/aromatic N) is 2. The van der Waals surface area contributed by atoms with E-state index in [0.717, 1.165) is 11.3 Å². The van der Waals surface area contributed by atoms with E-state index in [0.29, 0.717) is 13.2 Å². The fourth-order valence-corrected chi connectivity index (χ4v) is 1.80. The van der Waals surface area contributed by atoms with Gasteiger partial charge in [-0.15, -0.1) is 0 Å². The molecular weight excluding hydrogens is 240 g/mol. The van der Waals surface area contributed by atoms with E-state index in [1.54, 1.807) is 4.68 Å². The summed E-state index contributed by atoms with van der Waals surface area (Å²) < 4.78 is 7.12. The maximum Gasteiger partial charge on any atom is 0.0969 e. The predicted octanol–water partition coefficient (Wildman–Crippen LogP) is 2.34. The molecule has 1 aromatic carbocycles. The highest BCUT2D eigenvalue weighted by atomic mass is 16.5. The normalized spacial score (nSPS) is 12.8. The van der Waals surface area contributed by atoms with Crippen molar-refractivity contribution in [3.63, 3.8) is 0 Å². The maximum atomic E-state index is 9.85. The lowest BCUT2D eigenvalue weighted by Gasteiger charge is -2.13. The van der Waals surface area contributed by atoms with E-state index in [-0.39, 0.29) is 6.10 Å². The van der Waals surface area contributed by atoms with E-state index in [1.807, 2.05) is 56.4 Å². The second-order valence-corrected chi connectivity index (χ2v) is 4.82. The van der Waals surface area contributed by atoms with Crippen molar-refractivity contribution in [3.8, 4) is 11.3 Å². The first-order chi connectivity index (χ1) is 9.15. The van der Waals surface area contributed by atoms with E-state index in [4.69, 9.17) is 4.74 Å². The standard InChI is InChI=1S/C15H20N2O2/c1-12(2)19-11-14(18)10-17-9-8-15(16-17)13-6-4-3-5-7-13/h3-9,12,14,18H,10-11H2,1-2H3. The molecule has 4 nitrogen and oxygen atoms in total. The molecule has 0 spiro atoms. The summed E-state index contributed by atoms with van der Waals surface area (Å²) in [6, 6.07) is 11.9. The number of aliphatic hydroxyl groups is 1. The second-order valence-electron chi connectivity index (χ2n) is 4.82. The van der Waals surface area contributed by atoms with Crippen LogP contribution in [0.2, 0.25) is 0 Å². The lowest BCUT2D eigenvalue weighted by molar-refractivity contribution is -0.00199. The molecule has 1 heterocycles. The van der Waals surface area contributed by atoms with Crippen LogP contribution in [0.1, 0.15) is 13.8 Å². The number of ether oxygens (including phenoxy) is 1. The fraction of sp³-hybridized carbons (Fsp3) is 0.400. The van der Waals surface area contributed by atoms with Gasteiger partial charge < -0.3 is 9.84 Å². The molecule has 2 rings (SSSR count). The molecule has 0 aliphatic carbocycles. The molecule has 0 saturated carbocycles. The van der Waals surface area contributed by atoms with Gasteiger partial charge in [-0.05, 0) is 19.9 Å². The minimum atomic E-state index is -0.536. The number of rotatable bonds is 6. The first-order valence-electron chi connectivity index (χ1n) is 6.53. The summed E-state index contributed by atoms with van der Waals surface area (Å²) in [6.45, 7) is 4.68. The van der Waals surface area contributed by atoms with Crippen molar-refractivity contribution in [1.29, 1.82) is 0 Å². The molecular formula is C15H20N2O2. The number of hydrogen-bond donors (Lipinski definition) is 1. The van der Waals surface area contributed by atoms with Crippen LogP contribution in [-0.2, 0) is 11.3 Å². The Bertz CT molecular complexity index is 494. The Morgan fingerprint density at radius 2 is 1.95 bits per heavy atom. The zero-order valence-corrected chi connectivity index (χ0v) is 11.4. The lowest BCUT2D eigenvalue weighted by Crippen LogP contribution is -2.24. The topological polar surface area (TPSA) is 47.3 Å². The summed E-state index contributed by atoms with van der Waals surface area (Å²) in [7, 11) is 0. The highest BCUT2D eigenvalue weighted by molar-refractivity contribution is 5.57. The SMILES string of the molecule is CC(C)OCC(O)Cn1ccc(-c2ccccc2)n1. The monoisotopic (exact) mass is 260 g/mol. The summed E-state index contributed by atoms with van der Waals surface area (Å²) in [6.07, 6.45) is 1.47. The molecule has 0 amide bonds. The van der Waals surface area contributed by atoms with Crippen molar-refractivity contribution >= 4 is 0 Å². The minimum Gasteiger partial charge on any atom is -0.389 e. The van der Waals surface area contributed by atoms with Crippen LogP contribution in [0.25, 0.3) is 11.3 Å². The van der Waals surface area contributed by atoms with Gasteiger partial charge >= 0.3 is 0 Å². The third kappa shape index (κ3) is 4.19. The largest absolute Gasteiger partial charge is 0.389 e. The Balaban J connectivity index is 1.94. The van der Waals surface area contributed by atoms with Gasteiger partial charge in [-0.2, -0.15) is 5.10 Å². The van der Waals surface area contributed by atoms with E-state index in [2.05, 4.69) is 5.10 Å². The van der Waals surface area contributed by atoms with Crippen LogP contribution < -0.4 is 0 Å². The van der Waals surface area contributed by atoms with Crippen molar-refractivity contribution in [2.45, 2.75) is 32.6 Å². The van der Waals surface area contributed by atoms with Gasteiger partial charge in [0.25, 0.3) is 0 Å². The minimum absolute atomic E-state index is 0.132. The summed E-state index contributed by atoms with van der Waals surface area (Å²) in [5.41, 5.74) is 1.99. The molecule has 0 fully saturated rings. The van der Waals surface area contributed by atoms with Crippen LogP contribution >= 0.6 is 0 Å². The third-order valence-electron chi connectivity index (χ3n) is 2.73. The van der Waals surface area contributed by atoms with Gasteiger partial charge in [-0.25, -0.2) is 0 Å². The highest BCUT2D eigenvalue weighted by Gasteiger charge is 2.08. The quantitative estimate of drug-likeness (QED) is 0.867. The predicted molar refractivity (Wildman–Crippen MR) is 74.8 cm³/mol. The van der Waals surface area contributed by atoms with E-state index in [9.17, 15) is 5.11 Å². The van der Waals surface area contributed by atoms with Crippen molar-refractivity contribution < 1.29 is 9.84 Å². The first-order valence-corrected chi connectivity index (χ1v) is 6.53. The molecule has 0 radical (unpaired) electrons. The molecule has 102 valence electrons. The molecule has 0 aliphatic rings. The van der Waals surface area contributed by atoms with Gasteiger partial charge in [-0.1, -0.05) is 30.3 Å². The number of benzene rings is 1. The summed E-state index contributed by atoms with van der Waals surface area (Å²) in [5, 5.41) is 14.3. The molecule has 4 heteroatoms. The lowest BCUT2D eigenvalue weighted by atomic mass is 10.2. The van der Waals surface area contributed by atoms with E-state index >= 15 is 0 Å². The highest BCUT2D eigenvalue weighted by Crippen LogP contribution is 2.15. The van der Waals surface area contributed by atoms with Crippen molar-refractivity contribution in [3.05, 3.63) is 42.6 Å². The van der Waals surface area contributed by atoms with Gasteiger partial charge in [0, 0.05) is 11.8 Å². The van der Waals surface area contributed by atoms with Crippen LogP contribution in [0, 0.1) is 0 Å². The number of aliphatic hydroxyl groups excluding tert-OH is 1. The van der Waals surface area contributed by atoms with Crippen LogP contribution in [-0.4, -0.2) is 33.7 Å². The summed E-state index contributed by atoms with van der Waals surface area (Å²) in [4.78, 5) is 0. The zero-order valence-electron chi connectivity index (χ0n) is 11.4. The number of aromatic nitrogens is 2. The Morgan fingerprint density at radius 1 is 1.21 bits per heavy atom. The molecule has 19 heavy (non-hydrogen) atoms. The van der Waals surface area contributed by atoms with Crippen LogP contribution in [0.4, 0.5) is 0 Å². The Labute approximate surface area is 113 Å². The van der Waals surface area contributed by atoms with Gasteiger partial charge in [0.15, 0.2) is 0 Å². The summed E-state index contributed by atoms with van der Waals surface area (Å²) in [5.74, 6) is 0. The van der Waals surface area contributed by atoms with E-state index in [1.165, 1.54) is 0 Å². The van der Waals surface area contributed by atoms with E-state index < -0.39 is 6.10 Å². The van der Waals surface area contributed by atoms with Crippen LogP contribution in [0.5, 0.6) is 0 Å². The molecule has 1 N–H and O–H groups in total. The van der Waals surface area contributed by atoms with Crippen molar-refractivity contribution in [1.82, 2.24) is 9.78 Å². The third-order valence-corrected chi connectivity index (χ3v) is 2.73. The maximum absolute atomic E-state index is 9.85. The molecule has 1 atom stereocenters. The summed E-state index contributed by atoms with van der Waals surface area (Å²) >= 11 is 0. The zero-order chi connectivity index (χ0) is 13.7. The van der Waals surface area contributed by atoms with Crippen LogP contribution in [0.3, 0.4) is 0 Å². The first kappa shape index (κ1) is 13.8. The average Bonchev–Trinajstić information content (AvgIpc) is 2.86. The Kier molecular flexibility index (Phi) is 4.71. The van der Waals surface area contributed by atoms with Gasteiger partial charge in [0.05, 0.1) is 31.1 Å². The van der Waals surface area contributed by atoms with Gasteiger partial charge in [-0.3, -0.25) is 4.68 Å².